The van der Waals surface area contributed by atoms with E-state index >= 15 is 0 Å². The Balaban J connectivity index is 1.99. The number of fused-ring (bicyclic) bond motifs is 1. The summed E-state index contributed by atoms with van der Waals surface area (Å²) in [5.41, 5.74) is 7.23. The van der Waals surface area contributed by atoms with E-state index in [0.717, 1.165) is 25.0 Å². The number of hydrogen-bond acceptors (Lipinski definition) is 4. The molecule has 90 valence electrons. The predicted octanol–water partition coefficient (Wildman–Crippen LogP) is 1.78. The Kier molecular flexibility index (Phi) is 2.72. The standard InChI is InChI=1S/C11H14ClN5/c12-10-9-11(15-5-14-10)17(6-16-9)8-2-1-7(3-8)4-13/h5-8H,1-4,13H2. The van der Waals surface area contributed by atoms with E-state index in [2.05, 4.69) is 19.5 Å². The van der Waals surface area contributed by atoms with Crippen LogP contribution < -0.4 is 5.73 Å². The van der Waals surface area contributed by atoms with Crippen LogP contribution in [0.3, 0.4) is 0 Å². The van der Waals surface area contributed by atoms with Gasteiger partial charge in [-0.15, -0.1) is 0 Å². The Morgan fingerprint density at radius 1 is 1.35 bits per heavy atom. The van der Waals surface area contributed by atoms with Crippen LogP contribution in [-0.2, 0) is 0 Å². The quantitative estimate of drug-likeness (QED) is 0.826. The van der Waals surface area contributed by atoms with E-state index in [-0.39, 0.29) is 0 Å². The molecule has 0 aliphatic heterocycles. The Hall–Kier alpha value is -1.20. The molecular formula is C11H14ClN5. The van der Waals surface area contributed by atoms with Crippen molar-refractivity contribution < 1.29 is 0 Å². The summed E-state index contributed by atoms with van der Waals surface area (Å²) < 4.78 is 2.11. The second-order valence-corrected chi connectivity index (χ2v) is 4.92. The predicted molar refractivity (Wildman–Crippen MR) is 65.8 cm³/mol. The van der Waals surface area contributed by atoms with Gasteiger partial charge in [0.1, 0.15) is 11.8 Å². The average molecular weight is 252 g/mol. The third kappa shape index (κ3) is 1.79. The molecule has 0 bridgehead atoms. The molecule has 2 aromatic heterocycles. The van der Waals surface area contributed by atoms with Gasteiger partial charge in [-0.25, -0.2) is 15.0 Å². The largest absolute Gasteiger partial charge is 0.330 e. The first-order chi connectivity index (χ1) is 8.29. The van der Waals surface area contributed by atoms with Gasteiger partial charge in [0.15, 0.2) is 10.8 Å². The number of hydrogen-bond donors (Lipinski definition) is 1. The molecule has 0 spiro atoms. The van der Waals surface area contributed by atoms with Crippen LogP contribution in [0.4, 0.5) is 0 Å². The van der Waals surface area contributed by atoms with Crippen LogP contribution in [0.5, 0.6) is 0 Å². The molecule has 2 aromatic rings. The third-order valence-electron chi connectivity index (χ3n) is 3.55. The van der Waals surface area contributed by atoms with Crippen molar-refractivity contribution >= 4 is 22.8 Å². The van der Waals surface area contributed by atoms with Gasteiger partial charge in [0.25, 0.3) is 0 Å². The first-order valence-corrected chi connectivity index (χ1v) is 6.20. The molecular weight excluding hydrogens is 238 g/mol. The van der Waals surface area contributed by atoms with Gasteiger partial charge in [0.2, 0.25) is 0 Å². The Morgan fingerprint density at radius 2 is 2.24 bits per heavy atom. The number of rotatable bonds is 2. The van der Waals surface area contributed by atoms with E-state index < -0.39 is 0 Å². The first-order valence-electron chi connectivity index (χ1n) is 5.82. The third-order valence-corrected chi connectivity index (χ3v) is 3.83. The number of imidazole rings is 1. The van der Waals surface area contributed by atoms with Gasteiger partial charge in [-0.1, -0.05) is 11.6 Å². The van der Waals surface area contributed by atoms with Crippen molar-refractivity contribution in [1.29, 1.82) is 0 Å². The van der Waals surface area contributed by atoms with E-state index in [4.69, 9.17) is 17.3 Å². The van der Waals surface area contributed by atoms with Crippen LogP contribution in [-0.4, -0.2) is 26.1 Å². The molecule has 2 atom stereocenters. The lowest BCUT2D eigenvalue weighted by Gasteiger charge is -2.12. The van der Waals surface area contributed by atoms with Crippen LogP contribution in [0.15, 0.2) is 12.7 Å². The molecule has 1 saturated carbocycles. The van der Waals surface area contributed by atoms with Gasteiger partial charge in [0.05, 0.1) is 6.33 Å². The van der Waals surface area contributed by atoms with Crippen LogP contribution in [0.2, 0.25) is 5.15 Å². The summed E-state index contributed by atoms with van der Waals surface area (Å²) in [6.07, 6.45) is 6.71. The van der Waals surface area contributed by atoms with Crippen molar-refractivity contribution in [3.63, 3.8) is 0 Å². The highest BCUT2D eigenvalue weighted by Gasteiger charge is 2.26. The van der Waals surface area contributed by atoms with Gasteiger partial charge < -0.3 is 10.3 Å². The van der Waals surface area contributed by atoms with Crippen molar-refractivity contribution in [1.82, 2.24) is 19.5 Å². The highest BCUT2D eigenvalue weighted by Crippen LogP contribution is 2.35. The summed E-state index contributed by atoms with van der Waals surface area (Å²) in [4.78, 5) is 12.5. The molecule has 0 amide bonds. The lowest BCUT2D eigenvalue weighted by atomic mass is 10.1. The Morgan fingerprint density at radius 3 is 3.00 bits per heavy atom. The smallest absolute Gasteiger partial charge is 0.165 e. The number of halogens is 1. The molecule has 3 rings (SSSR count). The van der Waals surface area contributed by atoms with Crippen LogP contribution in [0, 0.1) is 5.92 Å². The molecule has 2 unspecified atom stereocenters. The van der Waals surface area contributed by atoms with E-state index in [1.54, 1.807) is 0 Å². The van der Waals surface area contributed by atoms with Crippen molar-refractivity contribution in [3.8, 4) is 0 Å². The van der Waals surface area contributed by atoms with Gasteiger partial charge in [-0.05, 0) is 31.7 Å². The number of nitrogens with two attached hydrogens (primary N) is 1. The maximum absolute atomic E-state index is 5.99. The van der Waals surface area contributed by atoms with Crippen molar-refractivity contribution in [3.05, 3.63) is 17.8 Å². The minimum absolute atomic E-state index is 0.419. The molecule has 0 aromatic carbocycles. The monoisotopic (exact) mass is 251 g/mol. The lowest BCUT2D eigenvalue weighted by Crippen LogP contribution is -2.12. The van der Waals surface area contributed by atoms with Crippen LogP contribution in [0.25, 0.3) is 11.2 Å². The molecule has 1 aliphatic carbocycles. The first kappa shape index (κ1) is 10.9. The van der Waals surface area contributed by atoms with Gasteiger partial charge in [-0.2, -0.15) is 0 Å². The maximum atomic E-state index is 5.99. The van der Waals surface area contributed by atoms with Gasteiger partial charge in [-0.3, -0.25) is 0 Å². The van der Waals surface area contributed by atoms with Gasteiger partial charge >= 0.3 is 0 Å². The molecule has 2 heterocycles. The minimum Gasteiger partial charge on any atom is -0.330 e. The summed E-state index contributed by atoms with van der Waals surface area (Å²) in [6.45, 7) is 0.763. The van der Waals surface area contributed by atoms with Crippen molar-refractivity contribution in [2.75, 3.05) is 6.54 Å². The van der Waals surface area contributed by atoms with Crippen molar-refractivity contribution in [2.45, 2.75) is 25.3 Å². The molecule has 2 N–H and O–H groups in total. The minimum atomic E-state index is 0.419. The second kappa shape index (κ2) is 4.23. The van der Waals surface area contributed by atoms with Crippen LogP contribution >= 0.6 is 11.6 Å². The van der Waals surface area contributed by atoms with E-state index in [0.29, 0.717) is 22.6 Å². The fourth-order valence-corrected chi connectivity index (χ4v) is 2.78. The molecule has 6 heteroatoms. The molecule has 1 fully saturated rings. The summed E-state index contributed by atoms with van der Waals surface area (Å²) in [5.74, 6) is 0.620. The summed E-state index contributed by atoms with van der Waals surface area (Å²) in [7, 11) is 0. The highest BCUT2D eigenvalue weighted by molar-refractivity contribution is 6.33. The van der Waals surface area contributed by atoms with E-state index in [9.17, 15) is 0 Å². The lowest BCUT2D eigenvalue weighted by molar-refractivity contribution is 0.488. The highest BCUT2D eigenvalue weighted by atomic mass is 35.5. The number of nitrogens with zero attached hydrogens (tertiary/aromatic N) is 4. The average Bonchev–Trinajstić information content (AvgIpc) is 2.94. The SMILES string of the molecule is NCC1CCC(n2cnc3c(Cl)ncnc32)C1. The molecule has 0 saturated heterocycles. The summed E-state index contributed by atoms with van der Waals surface area (Å²) in [5, 5.41) is 0.419. The summed E-state index contributed by atoms with van der Waals surface area (Å²) in [6, 6.07) is 0.444. The van der Waals surface area contributed by atoms with Crippen molar-refractivity contribution in [2.24, 2.45) is 11.7 Å². The Labute approximate surface area is 104 Å². The zero-order chi connectivity index (χ0) is 11.8. The normalized spacial score (nSPS) is 24.6. The topological polar surface area (TPSA) is 69.6 Å². The van der Waals surface area contributed by atoms with E-state index in [1.165, 1.54) is 12.7 Å². The zero-order valence-corrected chi connectivity index (χ0v) is 10.1. The molecule has 5 nitrogen and oxygen atoms in total. The molecule has 0 radical (unpaired) electrons. The molecule has 17 heavy (non-hydrogen) atoms. The maximum Gasteiger partial charge on any atom is 0.165 e. The summed E-state index contributed by atoms with van der Waals surface area (Å²) >= 11 is 5.99. The van der Waals surface area contributed by atoms with Gasteiger partial charge in [0, 0.05) is 6.04 Å². The second-order valence-electron chi connectivity index (χ2n) is 4.56. The fraction of sp³-hybridized carbons (Fsp3) is 0.545. The van der Waals surface area contributed by atoms with E-state index in [1.807, 2.05) is 6.33 Å². The Bertz CT molecular complexity index is 538. The zero-order valence-electron chi connectivity index (χ0n) is 9.38. The molecule has 1 aliphatic rings. The van der Waals surface area contributed by atoms with Crippen LogP contribution in [0.1, 0.15) is 25.3 Å². The fourth-order valence-electron chi connectivity index (χ4n) is 2.61. The number of aromatic nitrogens is 4.